The molecule has 0 amide bonds. The fraction of sp³-hybridized carbons (Fsp3) is 0.278. The van der Waals surface area contributed by atoms with E-state index in [-0.39, 0.29) is 11.6 Å². The number of hydrogen-bond acceptors (Lipinski definition) is 5. The van der Waals surface area contributed by atoms with Gasteiger partial charge in [-0.2, -0.15) is 13.2 Å². The van der Waals surface area contributed by atoms with Crippen molar-refractivity contribution < 1.29 is 22.6 Å². The standard InChI is InChI=1S/C18H16F3N3O2/c1-24-10-15(14-4-3-9-22-16(14)25-2)17(23-11-24)26-13-7-5-12(6-8-13)18(19,20)21/h3,5-10,16H,11H2,1-2H3. The lowest BCUT2D eigenvalue weighted by atomic mass is 10.0. The van der Waals surface area contributed by atoms with Gasteiger partial charge in [0.15, 0.2) is 6.23 Å². The predicted molar refractivity (Wildman–Crippen MR) is 91.1 cm³/mol. The van der Waals surface area contributed by atoms with Crippen molar-refractivity contribution in [3.05, 3.63) is 59.0 Å². The van der Waals surface area contributed by atoms with Crippen molar-refractivity contribution >= 4 is 12.1 Å². The molecule has 2 aliphatic rings. The third kappa shape index (κ3) is 3.87. The summed E-state index contributed by atoms with van der Waals surface area (Å²) in [4.78, 5) is 10.4. The number of methoxy groups -OCH3 is 1. The summed E-state index contributed by atoms with van der Waals surface area (Å²) in [5, 5.41) is 0. The third-order valence-corrected chi connectivity index (χ3v) is 3.71. The third-order valence-electron chi connectivity index (χ3n) is 3.71. The van der Waals surface area contributed by atoms with Gasteiger partial charge < -0.3 is 14.4 Å². The average molecular weight is 363 g/mol. The van der Waals surface area contributed by atoms with E-state index in [0.717, 1.165) is 12.1 Å². The number of benzene rings is 1. The number of alkyl halides is 3. The van der Waals surface area contributed by atoms with Crippen LogP contribution in [0.1, 0.15) is 5.56 Å². The van der Waals surface area contributed by atoms with Gasteiger partial charge in [0, 0.05) is 26.6 Å². The van der Waals surface area contributed by atoms with Gasteiger partial charge in [0.1, 0.15) is 12.4 Å². The number of aliphatic imine (C=N–C) groups is 2. The van der Waals surface area contributed by atoms with Crippen LogP contribution < -0.4 is 4.74 Å². The van der Waals surface area contributed by atoms with Crippen LogP contribution in [0.3, 0.4) is 0 Å². The quantitative estimate of drug-likeness (QED) is 0.774. The van der Waals surface area contributed by atoms with E-state index in [4.69, 9.17) is 9.47 Å². The Labute approximate surface area is 148 Å². The highest BCUT2D eigenvalue weighted by atomic mass is 19.4. The molecule has 26 heavy (non-hydrogen) atoms. The molecule has 0 spiro atoms. The van der Waals surface area contributed by atoms with E-state index in [1.807, 2.05) is 18.1 Å². The Morgan fingerprint density at radius 3 is 2.62 bits per heavy atom. The van der Waals surface area contributed by atoms with Crippen molar-refractivity contribution in [1.82, 2.24) is 4.90 Å². The fourth-order valence-corrected chi connectivity index (χ4v) is 2.46. The molecule has 3 rings (SSSR count). The highest BCUT2D eigenvalue weighted by molar-refractivity contribution is 6.00. The molecule has 0 radical (unpaired) electrons. The molecule has 0 bridgehead atoms. The Hall–Kier alpha value is -2.83. The van der Waals surface area contributed by atoms with Crippen molar-refractivity contribution in [3.8, 4) is 5.75 Å². The van der Waals surface area contributed by atoms with Crippen LogP contribution in [0.15, 0.2) is 63.4 Å². The normalized spacial score (nSPS) is 19.8. The van der Waals surface area contributed by atoms with E-state index >= 15 is 0 Å². The van der Waals surface area contributed by atoms with Crippen molar-refractivity contribution in [1.29, 1.82) is 0 Å². The SMILES string of the molecule is COC1N=CC=C=C1C1=CN(C)CN=C1Oc1ccc(C(F)(F)F)cc1. The highest BCUT2D eigenvalue weighted by Gasteiger charge is 2.30. The molecular formula is C18H16F3N3O2. The van der Waals surface area contributed by atoms with E-state index < -0.39 is 18.0 Å². The Morgan fingerprint density at radius 2 is 1.96 bits per heavy atom. The van der Waals surface area contributed by atoms with E-state index in [9.17, 15) is 13.2 Å². The fourth-order valence-electron chi connectivity index (χ4n) is 2.46. The van der Waals surface area contributed by atoms with Gasteiger partial charge in [-0.3, -0.25) is 4.99 Å². The number of rotatable bonds is 3. The second-order valence-corrected chi connectivity index (χ2v) is 5.64. The van der Waals surface area contributed by atoms with Gasteiger partial charge in [-0.1, -0.05) is 0 Å². The zero-order chi connectivity index (χ0) is 18.7. The molecule has 1 aromatic rings. The molecule has 0 aromatic heterocycles. The van der Waals surface area contributed by atoms with Crippen LogP contribution in [0.5, 0.6) is 5.75 Å². The Kier molecular flexibility index (Phi) is 4.97. The lowest BCUT2D eigenvalue weighted by Gasteiger charge is -2.25. The first-order valence-corrected chi connectivity index (χ1v) is 7.72. The minimum Gasteiger partial charge on any atom is -0.439 e. The van der Waals surface area contributed by atoms with E-state index in [0.29, 0.717) is 17.8 Å². The monoisotopic (exact) mass is 363 g/mol. The maximum absolute atomic E-state index is 12.7. The van der Waals surface area contributed by atoms with E-state index in [1.54, 1.807) is 12.3 Å². The number of hydrogen-bond donors (Lipinski definition) is 0. The van der Waals surface area contributed by atoms with Gasteiger partial charge in [0.2, 0.25) is 5.90 Å². The zero-order valence-electron chi connectivity index (χ0n) is 14.1. The van der Waals surface area contributed by atoms with Gasteiger partial charge in [0.25, 0.3) is 0 Å². The molecule has 1 atom stereocenters. The molecule has 1 unspecified atom stereocenters. The molecule has 1 aromatic carbocycles. The molecule has 0 N–H and O–H groups in total. The summed E-state index contributed by atoms with van der Waals surface area (Å²) in [5.41, 5.74) is 3.57. The van der Waals surface area contributed by atoms with Crippen molar-refractivity contribution in [2.24, 2.45) is 9.98 Å². The van der Waals surface area contributed by atoms with Gasteiger partial charge in [0.05, 0.1) is 16.7 Å². The van der Waals surface area contributed by atoms with Crippen molar-refractivity contribution in [2.75, 3.05) is 20.8 Å². The first-order chi connectivity index (χ1) is 12.4. The summed E-state index contributed by atoms with van der Waals surface area (Å²) in [6.45, 7) is 0.359. The van der Waals surface area contributed by atoms with E-state index in [1.165, 1.54) is 19.2 Å². The molecule has 2 aliphatic heterocycles. The predicted octanol–water partition coefficient (Wildman–Crippen LogP) is 3.41. The molecule has 0 aliphatic carbocycles. The Bertz CT molecular complexity index is 832. The number of ether oxygens (including phenoxy) is 2. The van der Waals surface area contributed by atoms with Crippen LogP contribution in [-0.4, -0.2) is 44.1 Å². The first-order valence-electron chi connectivity index (χ1n) is 7.72. The minimum atomic E-state index is -4.39. The van der Waals surface area contributed by atoms with Crippen molar-refractivity contribution in [3.63, 3.8) is 0 Å². The molecular weight excluding hydrogens is 347 g/mol. The maximum Gasteiger partial charge on any atom is 0.416 e. The minimum absolute atomic E-state index is 0.255. The van der Waals surface area contributed by atoms with Crippen LogP contribution in [0, 0.1) is 0 Å². The van der Waals surface area contributed by atoms with Crippen LogP contribution in [0.25, 0.3) is 0 Å². The highest BCUT2D eigenvalue weighted by Crippen LogP contribution is 2.31. The summed E-state index contributed by atoms with van der Waals surface area (Å²) in [7, 11) is 3.37. The molecule has 5 nitrogen and oxygen atoms in total. The molecule has 8 heteroatoms. The van der Waals surface area contributed by atoms with Gasteiger partial charge in [-0.05, 0) is 30.3 Å². The zero-order valence-corrected chi connectivity index (χ0v) is 14.1. The van der Waals surface area contributed by atoms with Crippen LogP contribution in [-0.2, 0) is 10.9 Å². The molecule has 0 saturated carbocycles. The van der Waals surface area contributed by atoms with Gasteiger partial charge in [-0.15, -0.1) is 5.73 Å². The van der Waals surface area contributed by atoms with Crippen LogP contribution in [0.4, 0.5) is 13.2 Å². The lowest BCUT2D eigenvalue weighted by molar-refractivity contribution is -0.137. The van der Waals surface area contributed by atoms with Gasteiger partial charge >= 0.3 is 6.18 Å². The summed E-state index contributed by atoms with van der Waals surface area (Å²) in [6, 6.07) is 4.46. The Balaban J connectivity index is 1.87. The number of halogens is 3. The Morgan fingerprint density at radius 1 is 1.23 bits per heavy atom. The summed E-state index contributed by atoms with van der Waals surface area (Å²) in [6.07, 6.45) is 0.0963. The molecule has 0 saturated heterocycles. The lowest BCUT2D eigenvalue weighted by Crippen LogP contribution is -2.28. The van der Waals surface area contributed by atoms with E-state index in [2.05, 4.69) is 15.7 Å². The maximum atomic E-state index is 12.7. The largest absolute Gasteiger partial charge is 0.439 e. The van der Waals surface area contributed by atoms with Gasteiger partial charge in [-0.25, -0.2) is 4.99 Å². The number of nitrogens with zero attached hydrogens (tertiary/aromatic N) is 3. The smallest absolute Gasteiger partial charge is 0.416 e. The second kappa shape index (κ2) is 7.19. The molecule has 0 fully saturated rings. The summed E-state index contributed by atoms with van der Waals surface area (Å²) >= 11 is 0. The summed E-state index contributed by atoms with van der Waals surface area (Å²) in [5.74, 6) is 0.531. The topological polar surface area (TPSA) is 46.4 Å². The summed E-state index contributed by atoms with van der Waals surface area (Å²) < 4.78 is 49.1. The average Bonchev–Trinajstić information content (AvgIpc) is 2.63. The molecule has 136 valence electrons. The van der Waals surface area contributed by atoms with Crippen molar-refractivity contribution in [2.45, 2.75) is 12.4 Å². The second-order valence-electron chi connectivity index (χ2n) is 5.64. The molecule has 2 heterocycles. The van der Waals surface area contributed by atoms with Crippen LogP contribution >= 0.6 is 0 Å². The first kappa shape index (κ1) is 18.0. The van der Waals surface area contributed by atoms with Crippen LogP contribution in [0.2, 0.25) is 0 Å².